The first-order valence-corrected chi connectivity index (χ1v) is 6.43. The van der Waals surface area contributed by atoms with Crippen molar-refractivity contribution >= 4 is 27.5 Å². The molecule has 6 heteroatoms. The number of benzene rings is 1. The highest BCUT2D eigenvalue weighted by Crippen LogP contribution is 2.38. The van der Waals surface area contributed by atoms with E-state index >= 15 is 0 Å². The van der Waals surface area contributed by atoms with Gasteiger partial charge in [0.2, 0.25) is 0 Å². The van der Waals surface area contributed by atoms with Gasteiger partial charge in [0.25, 0.3) is 0 Å². The molecular weight excluding hydrogens is 318 g/mol. The summed E-state index contributed by atoms with van der Waals surface area (Å²) in [6.07, 6.45) is 1.55. The third-order valence-electron chi connectivity index (χ3n) is 2.95. The molecule has 0 saturated carbocycles. The molecule has 1 aliphatic heterocycles. The van der Waals surface area contributed by atoms with Crippen molar-refractivity contribution < 1.29 is 13.2 Å². The molecule has 0 aromatic heterocycles. The van der Waals surface area contributed by atoms with Crippen LogP contribution in [-0.2, 0) is 0 Å². The summed E-state index contributed by atoms with van der Waals surface area (Å²) in [5.41, 5.74) is 0.0385. The first-order valence-electron chi connectivity index (χ1n) is 5.26. The Morgan fingerprint density at radius 1 is 1.18 bits per heavy atom. The summed E-state index contributed by atoms with van der Waals surface area (Å²) in [5.74, 6) is -3.55. The molecule has 1 aliphatic rings. The van der Waals surface area contributed by atoms with Crippen molar-refractivity contribution in [2.45, 2.75) is 18.8 Å². The van der Waals surface area contributed by atoms with Crippen LogP contribution in [0.2, 0.25) is 5.02 Å². The van der Waals surface area contributed by atoms with Crippen molar-refractivity contribution in [1.29, 1.82) is 0 Å². The standard InChI is InChI=1S/C11H10BrClF3N/c12-7-6(5-2-1-3-17-4-5)9(14)11(16)8(13)10(7)15/h5,17H,1-4H2. The van der Waals surface area contributed by atoms with Crippen LogP contribution in [0, 0.1) is 17.5 Å². The van der Waals surface area contributed by atoms with Gasteiger partial charge < -0.3 is 5.32 Å². The molecule has 1 nitrogen and oxygen atoms in total. The van der Waals surface area contributed by atoms with Gasteiger partial charge in [0, 0.05) is 18.0 Å². The summed E-state index contributed by atoms with van der Waals surface area (Å²) in [6.45, 7) is 1.35. The van der Waals surface area contributed by atoms with Crippen LogP contribution in [0.1, 0.15) is 24.3 Å². The topological polar surface area (TPSA) is 12.0 Å². The fourth-order valence-corrected chi connectivity index (χ4v) is 3.07. The van der Waals surface area contributed by atoms with Gasteiger partial charge in [-0.2, -0.15) is 0 Å². The number of rotatable bonds is 1. The zero-order chi connectivity index (χ0) is 12.6. The molecule has 1 fully saturated rings. The van der Waals surface area contributed by atoms with Crippen LogP contribution in [0.5, 0.6) is 0 Å². The lowest BCUT2D eigenvalue weighted by Crippen LogP contribution is -2.29. The second-order valence-electron chi connectivity index (χ2n) is 4.03. The van der Waals surface area contributed by atoms with Gasteiger partial charge in [-0.3, -0.25) is 0 Å². The molecule has 1 aromatic rings. The quantitative estimate of drug-likeness (QED) is 0.607. The monoisotopic (exact) mass is 327 g/mol. The smallest absolute Gasteiger partial charge is 0.180 e. The van der Waals surface area contributed by atoms with Gasteiger partial charge in [-0.05, 0) is 35.3 Å². The zero-order valence-electron chi connectivity index (χ0n) is 8.80. The fraction of sp³-hybridized carbons (Fsp3) is 0.455. The van der Waals surface area contributed by atoms with Crippen LogP contribution in [-0.4, -0.2) is 13.1 Å². The van der Waals surface area contributed by atoms with E-state index in [0.29, 0.717) is 13.0 Å². The van der Waals surface area contributed by atoms with Gasteiger partial charge in [0.15, 0.2) is 17.5 Å². The Kier molecular flexibility index (Phi) is 4.00. The molecule has 17 heavy (non-hydrogen) atoms. The second kappa shape index (κ2) is 5.16. The first-order chi connectivity index (χ1) is 8.04. The molecule has 94 valence electrons. The van der Waals surface area contributed by atoms with E-state index in [1.54, 1.807) is 0 Å². The highest BCUT2D eigenvalue weighted by Gasteiger charge is 2.28. The summed E-state index contributed by atoms with van der Waals surface area (Å²) in [5, 5.41) is 2.27. The largest absolute Gasteiger partial charge is 0.316 e. The van der Waals surface area contributed by atoms with Gasteiger partial charge in [-0.1, -0.05) is 11.6 Å². The molecule has 1 saturated heterocycles. The Balaban J connectivity index is 2.52. The molecule has 0 aliphatic carbocycles. The van der Waals surface area contributed by atoms with Crippen LogP contribution >= 0.6 is 27.5 Å². The average Bonchev–Trinajstić information content (AvgIpc) is 2.36. The zero-order valence-corrected chi connectivity index (χ0v) is 11.1. The summed E-state index contributed by atoms with van der Waals surface area (Å²) < 4.78 is 40.7. The molecule has 1 heterocycles. The highest BCUT2D eigenvalue weighted by molar-refractivity contribution is 9.10. The van der Waals surface area contributed by atoms with E-state index in [4.69, 9.17) is 11.6 Å². The Morgan fingerprint density at radius 2 is 1.88 bits per heavy atom. The lowest BCUT2D eigenvalue weighted by Gasteiger charge is -2.25. The Labute approximate surface area is 110 Å². The SMILES string of the molecule is Fc1c(F)c(C2CCCNC2)c(Br)c(F)c1Cl. The Morgan fingerprint density at radius 3 is 2.47 bits per heavy atom. The van der Waals surface area contributed by atoms with Gasteiger partial charge in [0.05, 0.1) is 4.47 Å². The van der Waals surface area contributed by atoms with E-state index in [9.17, 15) is 13.2 Å². The van der Waals surface area contributed by atoms with Crippen LogP contribution in [0.3, 0.4) is 0 Å². The van der Waals surface area contributed by atoms with E-state index in [1.165, 1.54) is 0 Å². The molecule has 2 rings (SSSR count). The van der Waals surface area contributed by atoms with Crippen molar-refractivity contribution in [2.75, 3.05) is 13.1 Å². The number of halogens is 5. The molecule has 0 bridgehead atoms. The number of piperidine rings is 1. The summed E-state index contributed by atoms with van der Waals surface area (Å²) in [7, 11) is 0. The minimum Gasteiger partial charge on any atom is -0.316 e. The minimum absolute atomic E-state index is 0.0385. The third kappa shape index (κ3) is 2.33. The van der Waals surface area contributed by atoms with Gasteiger partial charge in [-0.15, -0.1) is 0 Å². The van der Waals surface area contributed by atoms with E-state index in [0.717, 1.165) is 13.0 Å². The maximum atomic E-state index is 13.8. The summed E-state index contributed by atoms with van der Waals surface area (Å²) >= 11 is 8.32. The molecule has 0 radical (unpaired) electrons. The molecule has 0 amide bonds. The number of nitrogens with one attached hydrogen (secondary N) is 1. The summed E-state index contributed by atoms with van der Waals surface area (Å²) in [4.78, 5) is 0. The first kappa shape index (κ1) is 13.2. The van der Waals surface area contributed by atoms with Crippen molar-refractivity contribution in [3.8, 4) is 0 Å². The number of hydrogen-bond acceptors (Lipinski definition) is 1. The maximum absolute atomic E-state index is 13.8. The van der Waals surface area contributed by atoms with E-state index in [-0.39, 0.29) is 16.0 Å². The van der Waals surface area contributed by atoms with E-state index < -0.39 is 22.5 Å². The van der Waals surface area contributed by atoms with Gasteiger partial charge in [0.1, 0.15) is 5.02 Å². The van der Waals surface area contributed by atoms with Crippen molar-refractivity contribution in [2.24, 2.45) is 0 Å². The van der Waals surface area contributed by atoms with Crippen LogP contribution < -0.4 is 5.32 Å². The van der Waals surface area contributed by atoms with E-state index in [1.807, 2.05) is 0 Å². The maximum Gasteiger partial charge on any atom is 0.180 e. The molecule has 1 N–H and O–H groups in total. The van der Waals surface area contributed by atoms with Crippen molar-refractivity contribution in [3.63, 3.8) is 0 Å². The van der Waals surface area contributed by atoms with Gasteiger partial charge in [-0.25, -0.2) is 13.2 Å². The van der Waals surface area contributed by atoms with Crippen LogP contribution in [0.15, 0.2) is 4.47 Å². The fourth-order valence-electron chi connectivity index (χ4n) is 2.08. The van der Waals surface area contributed by atoms with Crippen molar-refractivity contribution in [1.82, 2.24) is 5.32 Å². The second-order valence-corrected chi connectivity index (χ2v) is 5.20. The van der Waals surface area contributed by atoms with Crippen LogP contribution in [0.4, 0.5) is 13.2 Å². The minimum atomic E-state index is -1.31. The number of hydrogen-bond donors (Lipinski definition) is 1. The highest BCUT2D eigenvalue weighted by atomic mass is 79.9. The molecule has 1 unspecified atom stereocenters. The predicted molar refractivity (Wildman–Crippen MR) is 63.9 cm³/mol. The predicted octanol–water partition coefficient (Wildman–Crippen LogP) is 3.99. The van der Waals surface area contributed by atoms with Crippen molar-refractivity contribution in [3.05, 3.63) is 32.5 Å². The normalized spacial score (nSPS) is 20.6. The lowest BCUT2D eigenvalue weighted by molar-refractivity contribution is 0.423. The molecule has 0 spiro atoms. The van der Waals surface area contributed by atoms with E-state index in [2.05, 4.69) is 21.2 Å². The molecular formula is C11H10BrClF3N. The lowest BCUT2D eigenvalue weighted by atomic mass is 9.91. The molecule has 1 aromatic carbocycles. The van der Waals surface area contributed by atoms with Gasteiger partial charge >= 0.3 is 0 Å². The summed E-state index contributed by atoms with van der Waals surface area (Å²) in [6, 6.07) is 0. The average molecular weight is 329 g/mol. The third-order valence-corrected chi connectivity index (χ3v) is 4.06. The molecule has 1 atom stereocenters. The van der Waals surface area contributed by atoms with Crippen LogP contribution in [0.25, 0.3) is 0 Å². The Bertz CT molecular complexity index is 418. The Hall–Kier alpha value is -0.260.